The number of hydrogen-bond donors (Lipinski definition) is 16. The quantitative estimate of drug-likeness (QED) is 0.00957. The van der Waals surface area contributed by atoms with Crippen LogP contribution >= 0.6 is 35.4 Å². The number of hydrogen-bond acceptors (Lipinski definition) is 21. The van der Waals surface area contributed by atoms with Crippen LogP contribution in [0.5, 0.6) is 17.2 Å². The molecule has 0 saturated heterocycles. The van der Waals surface area contributed by atoms with Gasteiger partial charge in [0, 0.05) is 72.5 Å². The van der Waals surface area contributed by atoms with Gasteiger partial charge in [0.05, 0.1) is 53.9 Å². The van der Waals surface area contributed by atoms with Crippen molar-refractivity contribution in [2.75, 3.05) is 52.3 Å². The monoisotopic (exact) mass is 1750 g/mol. The maximum Gasteiger partial charge on any atom is 0.336 e. The van der Waals surface area contributed by atoms with E-state index in [0.29, 0.717) is 157 Å². The van der Waals surface area contributed by atoms with Gasteiger partial charge in [0.1, 0.15) is 58.8 Å². The van der Waals surface area contributed by atoms with Crippen molar-refractivity contribution < 1.29 is 62.5 Å². The third-order valence-electron chi connectivity index (χ3n) is 22.1. The number of nitrogens with zero attached hydrogens (tertiary/aromatic N) is 2. The van der Waals surface area contributed by atoms with Crippen LogP contribution in [-0.2, 0) is 46.4 Å². The zero-order valence-electron chi connectivity index (χ0n) is 69.8. The van der Waals surface area contributed by atoms with Crippen molar-refractivity contribution in [3.63, 3.8) is 0 Å². The number of phenolic OH excluding ortho intramolecular Hbond substituents is 1. The summed E-state index contributed by atoms with van der Waals surface area (Å²) >= 11 is 18.6. The molecule has 8 aromatic rings. The summed E-state index contributed by atoms with van der Waals surface area (Å²) in [6.07, 6.45) is 7.89. The van der Waals surface area contributed by atoms with E-state index in [1.54, 1.807) is 62.8 Å². The number of amides is 7. The molecule has 10 rings (SSSR count). The van der Waals surface area contributed by atoms with E-state index >= 15 is 14.4 Å². The highest BCUT2D eigenvalue weighted by molar-refractivity contribution is 7.80. The summed E-state index contributed by atoms with van der Waals surface area (Å²) in [5.74, 6) is -4.91. The fourth-order valence-electron chi connectivity index (χ4n) is 15.6. The molecule has 0 fully saturated rings. The van der Waals surface area contributed by atoms with Crippen LogP contribution in [0.4, 0.5) is 5.69 Å². The van der Waals surface area contributed by atoms with Gasteiger partial charge in [-0.2, -0.15) is 0 Å². The van der Waals surface area contributed by atoms with Gasteiger partial charge in [-0.15, -0.1) is 0 Å². The largest absolute Gasteiger partial charge is 0.508 e. The Labute approximate surface area is 734 Å². The molecule has 0 radical (unpaired) electrons. The molecule has 33 heteroatoms. The maximum absolute atomic E-state index is 15.4. The molecule has 2 aliphatic rings. The number of carboxylic acid groups (broad SMARTS) is 1. The number of halogens is 2. The number of fused-ring (bicyclic) bond motifs is 6. The van der Waals surface area contributed by atoms with Crippen LogP contribution in [0.2, 0.25) is 10.0 Å². The second-order valence-electron chi connectivity index (χ2n) is 31.0. The number of rotatable bonds is 50. The number of methoxy groups -OCH3 is 2. The molecule has 7 atom stereocenters. The van der Waals surface area contributed by atoms with Crippen molar-refractivity contribution in [3.05, 3.63) is 164 Å². The number of nitrogens with two attached hydrogens (primary N) is 6. The summed E-state index contributed by atoms with van der Waals surface area (Å²) in [6, 6.07) is 27.1. The van der Waals surface area contributed by atoms with Crippen LogP contribution in [0.25, 0.3) is 77.0 Å². The number of phenols is 1. The fraction of sp³-hybridized carbons (Fsp3) is 0.407. The number of thiocarbonyl (C=S) groups is 1. The maximum atomic E-state index is 15.4. The lowest BCUT2D eigenvalue weighted by Gasteiger charge is -2.29. The Kier molecular flexibility index (Phi) is 35.9. The first-order valence-electron chi connectivity index (χ1n) is 42.2. The van der Waals surface area contributed by atoms with Crippen LogP contribution in [0.3, 0.4) is 0 Å². The lowest BCUT2D eigenvalue weighted by molar-refractivity contribution is -0.134. The Morgan fingerprint density at radius 1 is 0.452 bits per heavy atom. The summed E-state index contributed by atoms with van der Waals surface area (Å²) in [5, 5.41) is 50.2. The van der Waals surface area contributed by atoms with E-state index in [9.17, 15) is 39.0 Å². The molecular formula is C91H112Cl2N16O14S. The molecule has 7 amide bonds. The number of unbranched alkanes of at least 4 members (excludes halogenated alkanes) is 7. The number of primary amides is 2. The zero-order valence-corrected chi connectivity index (χ0v) is 72.1. The lowest BCUT2D eigenvalue weighted by atomic mass is 9.90. The van der Waals surface area contributed by atoms with Gasteiger partial charge in [-0.25, -0.2) is 14.8 Å². The normalized spacial score (nSPS) is 13.2. The Morgan fingerprint density at radius 3 is 1.32 bits per heavy atom. The number of pyridine rings is 2. The number of carbonyl (C=O) groups excluding carboxylic acids is 7. The third-order valence-corrected chi connectivity index (χ3v) is 22.9. The summed E-state index contributed by atoms with van der Waals surface area (Å²) < 4.78 is 17.2. The lowest BCUT2D eigenvalue weighted by Crippen LogP contribution is -2.60. The predicted octanol–water partition coefficient (Wildman–Crippen LogP) is 10.2. The number of aromatic carboxylic acids is 1. The number of benzene rings is 7. The molecule has 3 heterocycles. The first-order chi connectivity index (χ1) is 59.8. The molecule has 7 unspecified atom stereocenters. The number of carbonyl (C=O) groups is 8. The van der Waals surface area contributed by atoms with Gasteiger partial charge in [-0.1, -0.05) is 60.7 Å². The van der Waals surface area contributed by atoms with Gasteiger partial charge in [-0.05, 0) is 281 Å². The molecule has 1 aliphatic heterocycles. The van der Waals surface area contributed by atoms with Crippen LogP contribution in [0.1, 0.15) is 156 Å². The topological polar surface area (TPSA) is 504 Å². The Hall–Kier alpha value is -11.4. The van der Waals surface area contributed by atoms with Crippen molar-refractivity contribution in [2.45, 2.75) is 190 Å². The van der Waals surface area contributed by atoms with Gasteiger partial charge < -0.3 is 95.7 Å². The van der Waals surface area contributed by atoms with E-state index in [0.717, 1.165) is 43.7 Å². The third kappa shape index (κ3) is 26.1. The second-order valence-corrected chi connectivity index (χ2v) is 32.3. The van der Waals surface area contributed by atoms with Crippen LogP contribution in [0.15, 0.2) is 137 Å². The van der Waals surface area contributed by atoms with E-state index < -0.39 is 89.6 Å². The second kappa shape index (κ2) is 46.9. The smallest absolute Gasteiger partial charge is 0.336 e. The minimum absolute atomic E-state index is 0.0374. The molecule has 124 heavy (non-hydrogen) atoms. The molecule has 2 aromatic heterocycles. The van der Waals surface area contributed by atoms with E-state index in [2.05, 4.69) is 42.5 Å². The highest BCUT2D eigenvalue weighted by Crippen LogP contribution is 2.43. The number of aryl methyl sites for hydroxylation is 2. The highest BCUT2D eigenvalue weighted by Gasteiger charge is 2.35. The first kappa shape index (κ1) is 94.8. The SMILES string of the molecule is COc1ccc2nc3cc(Cl)ccc3c(CCCCC(NC(=O)C(CCCCN)NC(=O)C(CCCCN)NC(=O)C(CCCCNC(=S)Nc3ccc(-c4c5ccc(=O)cc-5oc5cc(O)ccc45)c(C(=O)O)c3)NC(CCCCN)C(=O)NC(CCCCN)C(=O)NC(CCCCc3c4ccc(Cl)cc4nc4ccc(OC)cc34)C(N)=O)C(N)=O)c2c1. The van der Waals surface area contributed by atoms with Crippen molar-refractivity contribution in [2.24, 2.45) is 34.4 Å². The molecule has 0 spiro atoms. The van der Waals surface area contributed by atoms with Crippen LogP contribution in [0, 0.1) is 0 Å². The van der Waals surface area contributed by atoms with Crippen molar-refractivity contribution >= 4 is 148 Å². The Bertz CT molecular complexity index is 5490. The number of aromatic nitrogens is 2. The van der Waals surface area contributed by atoms with Crippen molar-refractivity contribution in [1.82, 2.24) is 47.2 Å². The molecule has 660 valence electrons. The molecule has 30 nitrogen and oxygen atoms in total. The molecule has 0 saturated carbocycles. The molecule has 1 aliphatic carbocycles. The summed E-state index contributed by atoms with van der Waals surface area (Å²) in [6.45, 7) is 1.27. The Balaban J connectivity index is 0.864. The molecule has 0 bridgehead atoms. The number of carboxylic acids is 1. The molecular weight excluding hydrogens is 1640 g/mol. The van der Waals surface area contributed by atoms with Crippen LogP contribution < -0.4 is 91.8 Å². The summed E-state index contributed by atoms with van der Waals surface area (Å²) in [5.41, 5.74) is 42.2. The fourth-order valence-corrected chi connectivity index (χ4v) is 16.2. The van der Waals surface area contributed by atoms with Crippen molar-refractivity contribution in [1.29, 1.82) is 0 Å². The van der Waals surface area contributed by atoms with Gasteiger partial charge in [0.15, 0.2) is 10.5 Å². The van der Waals surface area contributed by atoms with E-state index in [1.165, 1.54) is 30.3 Å². The zero-order chi connectivity index (χ0) is 88.9. The summed E-state index contributed by atoms with van der Waals surface area (Å²) in [4.78, 5) is 137. The molecule has 6 aromatic carbocycles. The van der Waals surface area contributed by atoms with Gasteiger partial charge >= 0.3 is 5.97 Å². The van der Waals surface area contributed by atoms with E-state index in [-0.39, 0.29) is 117 Å². The van der Waals surface area contributed by atoms with E-state index in [1.807, 2.05) is 48.5 Å². The van der Waals surface area contributed by atoms with Gasteiger partial charge in [0.25, 0.3) is 0 Å². The number of anilines is 1. The summed E-state index contributed by atoms with van der Waals surface area (Å²) in [7, 11) is 3.18. The average Bonchev–Trinajstić information content (AvgIpc) is 0.776. The minimum atomic E-state index is -1.29. The predicted molar refractivity (Wildman–Crippen MR) is 488 cm³/mol. The highest BCUT2D eigenvalue weighted by atomic mass is 35.5. The average molecular weight is 1760 g/mol. The standard InChI is InChI=1S/C91H112Cl2N16O14S/c1-121-57-31-38-69-66(50-57)59(61-33-26-52(92)45-78(61)102-69)17-3-5-19-71(83(98)112)105-87(116)75(22-8-13-41-95)107-85(114)73(21-7-12-40-94)104-74(25-11-16-44-100-91(124)101-54-28-35-63(68(47-54)90(119)120)82-64-36-29-55(110)48-80(64)123-81-49-56(111)30-37-65(81)82)86(115)108-77(24-10-15-43-97)89(118)109-76(23-9-14-42-96)88(117)106-72(84(99)113)20-6-4-18-60-62-34-27-53(93)46-79(62)103-70-39-32-58(122-2)51-67(60)70/h26-39,45-51,71-77,104,110H,3-25,40-44,94-97H2,1-2H3,(H2,98,112)(H2,99,113)(H,105,116)(H,106,117)(H,107,114)(H,108,115)(H,109,118)(H,119,120)(H2,100,101,124). The molecule has 22 N–H and O–H groups in total. The van der Waals surface area contributed by atoms with Gasteiger partial charge in [-0.3, -0.25) is 43.7 Å². The first-order valence-corrected chi connectivity index (χ1v) is 43.4. The number of ether oxygens (including phenoxy) is 2. The minimum Gasteiger partial charge on any atom is -0.508 e. The van der Waals surface area contributed by atoms with Gasteiger partial charge in [0.2, 0.25) is 41.4 Å². The van der Waals surface area contributed by atoms with E-state index in [4.69, 9.17) is 93.7 Å². The van der Waals surface area contributed by atoms with Crippen molar-refractivity contribution in [3.8, 4) is 39.7 Å². The number of nitrogens with one attached hydrogen (secondary N) is 8. The Morgan fingerprint density at radius 2 is 0.871 bits per heavy atom. The number of aromatic hydroxyl groups is 1. The van der Waals surface area contributed by atoms with Crippen LogP contribution in [-0.4, -0.2) is 162 Å².